The van der Waals surface area contributed by atoms with Crippen molar-refractivity contribution in [3.8, 4) is 0 Å². The molecule has 310 valence electrons. The number of piperidine rings is 1. The maximum absolute atomic E-state index is 14.3. The van der Waals surface area contributed by atoms with Crippen LogP contribution in [0.5, 0.6) is 0 Å². The average Bonchev–Trinajstić information content (AvgIpc) is 3.80. The van der Waals surface area contributed by atoms with Gasteiger partial charge in [-0.2, -0.15) is 0 Å². The number of fused-ring (bicyclic) bond motifs is 1. The van der Waals surface area contributed by atoms with E-state index in [0.29, 0.717) is 18.5 Å². The summed E-state index contributed by atoms with van der Waals surface area (Å²) >= 11 is 0. The van der Waals surface area contributed by atoms with E-state index in [1.165, 1.54) is 11.3 Å². The van der Waals surface area contributed by atoms with Gasteiger partial charge in [0.1, 0.15) is 17.7 Å². The fourth-order valence-corrected chi connectivity index (χ4v) is 8.35. The SMILES string of the molecule is CCC.CN(C)C(=O)[C@@H](NC(=O)CCC(=O)C(=O)C(CC(=O)[C@@H]1[C@H]2C[C@H]2CN1C(=O)[C@@H](NC(=O)OC(C)(C)C)C1CCCCC1)CC1CCC1)c1ccccc1. The molecule has 1 unspecified atom stereocenters. The summed E-state index contributed by atoms with van der Waals surface area (Å²) in [6.07, 6.45) is 8.52. The number of hydrogen-bond acceptors (Lipinski definition) is 8. The lowest BCUT2D eigenvalue weighted by molar-refractivity contribution is -0.144. The second-order valence-electron chi connectivity index (χ2n) is 17.7. The van der Waals surface area contributed by atoms with Gasteiger partial charge in [0.25, 0.3) is 0 Å². The van der Waals surface area contributed by atoms with Crippen molar-refractivity contribution in [2.75, 3.05) is 20.6 Å². The number of alkyl carbamates (subject to hydrolysis) is 1. The molecule has 0 spiro atoms. The predicted octanol–water partition coefficient (Wildman–Crippen LogP) is 6.35. The van der Waals surface area contributed by atoms with Gasteiger partial charge in [-0.1, -0.05) is 89.1 Å². The zero-order chi connectivity index (χ0) is 41.2. The van der Waals surface area contributed by atoms with Crippen molar-refractivity contribution in [3.05, 3.63) is 35.9 Å². The molecule has 12 heteroatoms. The summed E-state index contributed by atoms with van der Waals surface area (Å²) in [5.74, 6) is -3.20. The lowest BCUT2D eigenvalue weighted by Gasteiger charge is -2.36. The summed E-state index contributed by atoms with van der Waals surface area (Å²) in [6, 6.07) is 6.36. The molecular weight excluding hydrogens is 713 g/mol. The van der Waals surface area contributed by atoms with E-state index in [1.807, 2.05) is 0 Å². The number of carbonyl (C=O) groups is 7. The van der Waals surface area contributed by atoms with Crippen LogP contribution in [-0.4, -0.2) is 89.3 Å². The van der Waals surface area contributed by atoms with E-state index in [-0.39, 0.29) is 60.5 Å². The Kier molecular flexibility index (Phi) is 16.2. The van der Waals surface area contributed by atoms with Gasteiger partial charge in [0.15, 0.2) is 11.6 Å². The smallest absolute Gasteiger partial charge is 0.408 e. The van der Waals surface area contributed by atoms with Crippen LogP contribution in [0.15, 0.2) is 30.3 Å². The maximum Gasteiger partial charge on any atom is 0.408 e. The largest absolute Gasteiger partial charge is 0.444 e. The van der Waals surface area contributed by atoms with Gasteiger partial charge in [-0.05, 0) is 75.7 Å². The Morgan fingerprint density at radius 2 is 1.52 bits per heavy atom. The first-order valence-electron chi connectivity index (χ1n) is 21.0. The van der Waals surface area contributed by atoms with Crippen LogP contribution < -0.4 is 10.6 Å². The molecule has 0 aromatic heterocycles. The second kappa shape index (κ2) is 20.4. The first-order chi connectivity index (χ1) is 26.5. The minimum Gasteiger partial charge on any atom is -0.444 e. The Morgan fingerprint density at radius 3 is 2.09 bits per heavy atom. The fourth-order valence-electron chi connectivity index (χ4n) is 8.35. The molecule has 5 rings (SSSR count). The Balaban J connectivity index is 0.00000225. The van der Waals surface area contributed by atoms with Crippen LogP contribution in [0.2, 0.25) is 0 Å². The van der Waals surface area contributed by atoms with Gasteiger partial charge in [-0.3, -0.25) is 28.8 Å². The molecule has 3 saturated carbocycles. The number of ether oxygens (including phenoxy) is 1. The first kappa shape index (κ1) is 44.6. The third-order valence-electron chi connectivity index (χ3n) is 11.5. The van der Waals surface area contributed by atoms with Gasteiger partial charge in [-0.25, -0.2) is 4.79 Å². The van der Waals surface area contributed by atoms with Gasteiger partial charge in [-0.15, -0.1) is 0 Å². The molecule has 1 heterocycles. The highest BCUT2D eigenvalue weighted by Gasteiger charge is 2.58. The molecule has 1 aromatic rings. The molecule has 56 heavy (non-hydrogen) atoms. The summed E-state index contributed by atoms with van der Waals surface area (Å²) in [4.78, 5) is 97.4. The monoisotopic (exact) mass is 778 g/mol. The standard InChI is InChI=1S/C41H58N4O8.C3H8/c1-41(2,3)53-40(52)43-35(27-17-10-7-11-18-27)39(51)45-24-29-22-30(29)36(45)32(47)23-28(21-25-13-12-14-25)37(49)31(46)19-20-33(48)42-34(38(50)44(4)5)26-15-8-6-9-16-26;1-3-2/h6,8-9,15-16,25,27-30,34-36H,7,10-14,17-24H2,1-5H3,(H,42,48)(H,43,52);3H2,1-2H3/t28?,29-,30-,34-,35-,36-;/m0./s1. The van der Waals surface area contributed by atoms with E-state index in [4.69, 9.17) is 4.74 Å². The topological polar surface area (TPSA) is 159 Å². The molecule has 3 aliphatic carbocycles. The quantitative estimate of drug-likeness (QED) is 0.184. The van der Waals surface area contributed by atoms with Crippen molar-refractivity contribution < 1.29 is 38.3 Å². The predicted molar refractivity (Wildman–Crippen MR) is 213 cm³/mol. The highest BCUT2D eigenvalue weighted by molar-refractivity contribution is 6.38. The van der Waals surface area contributed by atoms with E-state index in [2.05, 4.69) is 24.5 Å². The van der Waals surface area contributed by atoms with E-state index < -0.39 is 53.2 Å². The van der Waals surface area contributed by atoms with Gasteiger partial charge < -0.3 is 25.2 Å². The number of benzene rings is 1. The Labute approximate surface area is 333 Å². The number of nitrogens with one attached hydrogen (secondary N) is 2. The van der Waals surface area contributed by atoms with Crippen molar-refractivity contribution in [3.63, 3.8) is 0 Å². The summed E-state index contributed by atoms with van der Waals surface area (Å²) in [5, 5.41) is 5.58. The molecule has 4 fully saturated rings. The molecule has 12 nitrogen and oxygen atoms in total. The Morgan fingerprint density at radius 1 is 0.875 bits per heavy atom. The molecule has 1 aliphatic heterocycles. The maximum atomic E-state index is 14.3. The van der Waals surface area contributed by atoms with Crippen molar-refractivity contribution in [2.24, 2.45) is 29.6 Å². The molecule has 0 bridgehead atoms. The van der Waals surface area contributed by atoms with E-state index in [9.17, 15) is 33.6 Å². The number of nitrogens with zero attached hydrogens (tertiary/aromatic N) is 2. The zero-order valence-electron chi connectivity index (χ0n) is 34.8. The van der Waals surface area contributed by atoms with Gasteiger partial charge in [0.05, 0.1) is 6.04 Å². The molecule has 1 saturated heterocycles. The van der Waals surface area contributed by atoms with Crippen molar-refractivity contribution in [1.29, 1.82) is 0 Å². The minimum atomic E-state index is -0.936. The molecule has 4 amide bonds. The molecule has 0 radical (unpaired) electrons. The van der Waals surface area contributed by atoms with Crippen molar-refractivity contribution >= 4 is 41.2 Å². The number of likely N-dealkylation sites (tertiary alicyclic amines) is 1. The number of amides is 4. The van der Waals surface area contributed by atoms with Gasteiger partial charge in [0, 0.05) is 45.8 Å². The highest BCUT2D eigenvalue weighted by Crippen LogP contribution is 2.51. The Hall–Kier alpha value is -4.09. The lowest BCUT2D eigenvalue weighted by atomic mass is 9.75. The molecule has 2 N–H and O–H groups in total. The summed E-state index contributed by atoms with van der Waals surface area (Å²) < 4.78 is 5.52. The molecular formula is C44H66N4O8. The van der Waals surface area contributed by atoms with Crippen LogP contribution >= 0.6 is 0 Å². The molecule has 6 atom stereocenters. The average molecular weight is 779 g/mol. The van der Waals surface area contributed by atoms with E-state index in [0.717, 1.165) is 57.8 Å². The summed E-state index contributed by atoms with van der Waals surface area (Å²) in [7, 11) is 3.19. The van der Waals surface area contributed by atoms with Crippen LogP contribution in [0.4, 0.5) is 4.79 Å². The van der Waals surface area contributed by atoms with Crippen LogP contribution in [0.25, 0.3) is 0 Å². The number of Topliss-reactive ketones (excluding diaryl/α,β-unsaturated/α-hetero) is 3. The third kappa shape index (κ3) is 12.5. The summed E-state index contributed by atoms with van der Waals surface area (Å²) in [5.41, 5.74) is -0.138. The van der Waals surface area contributed by atoms with Crippen LogP contribution in [0.1, 0.15) is 136 Å². The highest BCUT2D eigenvalue weighted by atomic mass is 16.6. The third-order valence-corrected chi connectivity index (χ3v) is 11.5. The molecule has 1 aromatic carbocycles. The van der Waals surface area contributed by atoms with Gasteiger partial charge in [0.2, 0.25) is 23.5 Å². The Bertz CT molecular complexity index is 1550. The fraction of sp³-hybridized carbons (Fsp3) is 0.705. The normalized spacial score (nSPS) is 22.1. The number of hydrogen-bond donors (Lipinski definition) is 2. The number of carbonyl (C=O) groups excluding carboxylic acids is 7. The number of ketones is 3. The molecule has 4 aliphatic rings. The van der Waals surface area contributed by atoms with Crippen LogP contribution in [0.3, 0.4) is 0 Å². The van der Waals surface area contributed by atoms with Crippen LogP contribution in [0, 0.1) is 29.6 Å². The zero-order valence-corrected chi connectivity index (χ0v) is 34.8. The van der Waals surface area contributed by atoms with Crippen LogP contribution in [-0.2, 0) is 33.5 Å². The van der Waals surface area contributed by atoms with Crippen molar-refractivity contribution in [2.45, 2.75) is 148 Å². The first-order valence-corrected chi connectivity index (χ1v) is 21.0. The summed E-state index contributed by atoms with van der Waals surface area (Å²) in [6.45, 7) is 9.98. The lowest BCUT2D eigenvalue weighted by Crippen LogP contribution is -2.56. The van der Waals surface area contributed by atoms with E-state index >= 15 is 0 Å². The van der Waals surface area contributed by atoms with E-state index in [1.54, 1.807) is 70.1 Å². The number of rotatable bonds is 16. The minimum absolute atomic E-state index is 0.00118. The second-order valence-corrected chi connectivity index (χ2v) is 17.7. The number of likely N-dealkylation sites (N-methyl/N-ethyl adjacent to an activating group) is 1. The van der Waals surface area contributed by atoms with Crippen molar-refractivity contribution in [1.82, 2.24) is 20.4 Å². The van der Waals surface area contributed by atoms with Gasteiger partial charge >= 0.3 is 6.09 Å².